The summed E-state index contributed by atoms with van der Waals surface area (Å²) in [5.41, 5.74) is 2.37. The molecule has 3 amide bonds. The maximum absolute atomic E-state index is 13.6. The lowest BCUT2D eigenvalue weighted by Gasteiger charge is -2.32. The van der Waals surface area contributed by atoms with Crippen molar-refractivity contribution >= 4 is 34.6 Å². The third-order valence-corrected chi connectivity index (χ3v) is 7.89. The topological polar surface area (TPSA) is 139 Å². The summed E-state index contributed by atoms with van der Waals surface area (Å²) in [5.74, 6) is -0.969. The molecule has 2 bridgehead atoms. The van der Waals surface area contributed by atoms with Crippen LogP contribution in [0.2, 0.25) is 0 Å². The van der Waals surface area contributed by atoms with Crippen molar-refractivity contribution in [3.05, 3.63) is 65.4 Å². The number of hydrogen-bond donors (Lipinski definition) is 3. The summed E-state index contributed by atoms with van der Waals surface area (Å²) in [6.45, 7) is 4.09. The summed E-state index contributed by atoms with van der Waals surface area (Å²) in [5, 5.41) is 6.64. The molecule has 1 aromatic heterocycles. The third kappa shape index (κ3) is 8.37. The Morgan fingerprint density at radius 3 is 2.68 bits per heavy atom. The van der Waals surface area contributed by atoms with Crippen LogP contribution < -0.4 is 15.4 Å². The number of H-pyrrole nitrogens is 1. The van der Waals surface area contributed by atoms with Crippen LogP contribution in [0.3, 0.4) is 0 Å². The number of fused-ring (bicyclic) bond motifs is 3. The molecule has 0 spiro atoms. The van der Waals surface area contributed by atoms with Gasteiger partial charge in [0.05, 0.1) is 25.0 Å². The zero-order valence-corrected chi connectivity index (χ0v) is 25.7. The molecular weight excluding hydrogens is 564 g/mol. The highest BCUT2D eigenvalue weighted by Gasteiger charge is 2.40. The third-order valence-electron chi connectivity index (χ3n) is 7.89. The van der Waals surface area contributed by atoms with Gasteiger partial charge in [-0.2, -0.15) is 0 Å². The van der Waals surface area contributed by atoms with E-state index in [1.807, 2.05) is 37.3 Å². The van der Waals surface area contributed by atoms with Crippen molar-refractivity contribution in [2.45, 2.75) is 39.5 Å². The quantitative estimate of drug-likeness (QED) is 0.265. The molecule has 11 heteroatoms. The van der Waals surface area contributed by atoms with Crippen LogP contribution in [0.1, 0.15) is 36.6 Å². The molecule has 11 nitrogen and oxygen atoms in total. The molecule has 2 aromatic carbocycles. The molecule has 0 aliphatic carbocycles. The Kier molecular flexibility index (Phi) is 11.4. The normalized spacial score (nSPS) is 18.3. The second kappa shape index (κ2) is 15.4. The van der Waals surface area contributed by atoms with E-state index in [2.05, 4.69) is 15.6 Å². The molecule has 0 radical (unpaired) electrons. The van der Waals surface area contributed by atoms with Crippen LogP contribution in [0, 0.1) is 12.3 Å². The molecule has 2 heterocycles. The van der Waals surface area contributed by atoms with Gasteiger partial charge in [-0.05, 0) is 62.4 Å². The number of amides is 3. The SMILES string of the molecule is CCOC(=O)C1(CCCOC)CNC(=O)CN(C(=O)Cc2c(C)[nH]c3ccccc23)CCNC(=O)COc2cccc(c2)C1. The molecule has 0 saturated carbocycles. The van der Waals surface area contributed by atoms with E-state index >= 15 is 0 Å². The van der Waals surface area contributed by atoms with Crippen LogP contribution in [-0.4, -0.2) is 86.7 Å². The second-order valence-corrected chi connectivity index (χ2v) is 11.1. The standard InChI is InChI=1S/C33H42N4O7/c1-4-43-32(41)33(13-8-16-42-3)19-24-9-7-10-25(17-24)44-21-30(39)34-14-15-37(20-29(38)35-22-33)31(40)18-27-23(2)36-28-12-6-5-11-26(27)28/h5-7,9-12,17,36H,4,8,13-16,18-22H2,1-3H3,(H,34,39)(H,35,38). The number of carbonyl (C=O) groups is 4. The van der Waals surface area contributed by atoms with E-state index in [4.69, 9.17) is 14.2 Å². The van der Waals surface area contributed by atoms with Crippen LogP contribution in [0.4, 0.5) is 0 Å². The summed E-state index contributed by atoms with van der Waals surface area (Å²) in [6, 6.07) is 14.9. The maximum Gasteiger partial charge on any atom is 0.314 e. The number of ether oxygens (including phenoxy) is 3. The van der Waals surface area contributed by atoms with Gasteiger partial charge in [0.25, 0.3) is 5.91 Å². The largest absolute Gasteiger partial charge is 0.484 e. The van der Waals surface area contributed by atoms with E-state index in [0.717, 1.165) is 27.7 Å². The number of aromatic amines is 1. The van der Waals surface area contributed by atoms with E-state index in [-0.39, 0.29) is 64.0 Å². The van der Waals surface area contributed by atoms with Gasteiger partial charge < -0.3 is 34.7 Å². The molecule has 0 fully saturated rings. The molecule has 1 unspecified atom stereocenters. The monoisotopic (exact) mass is 606 g/mol. The van der Waals surface area contributed by atoms with Gasteiger partial charge in [0.15, 0.2) is 6.61 Å². The minimum atomic E-state index is -1.09. The van der Waals surface area contributed by atoms with Crippen LogP contribution in [0.15, 0.2) is 48.5 Å². The van der Waals surface area contributed by atoms with Crippen LogP contribution in [0.25, 0.3) is 10.9 Å². The number of para-hydroxylation sites is 1. The number of esters is 1. The molecule has 4 rings (SSSR count). The molecule has 1 atom stereocenters. The predicted octanol–water partition coefficient (Wildman–Crippen LogP) is 2.69. The first kappa shape index (κ1) is 32.5. The zero-order chi connectivity index (χ0) is 31.5. The van der Waals surface area contributed by atoms with E-state index in [1.165, 1.54) is 4.90 Å². The number of aryl methyl sites for hydroxylation is 1. The highest BCUT2D eigenvalue weighted by atomic mass is 16.5. The molecule has 236 valence electrons. The fraction of sp³-hybridized carbons (Fsp3) is 0.455. The lowest BCUT2D eigenvalue weighted by molar-refractivity contribution is -0.156. The Morgan fingerprint density at radius 1 is 1.07 bits per heavy atom. The number of methoxy groups -OCH3 is 1. The van der Waals surface area contributed by atoms with Gasteiger partial charge in [0.1, 0.15) is 5.75 Å². The van der Waals surface area contributed by atoms with Crippen LogP contribution in [-0.2, 0) is 41.5 Å². The predicted molar refractivity (Wildman–Crippen MR) is 165 cm³/mol. The fourth-order valence-electron chi connectivity index (χ4n) is 5.61. The minimum Gasteiger partial charge on any atom is -0.484 e. The second-order valence-electron chi connectivity index (χ2n) is 11.1. The van der Waals surface area contributed by atoms with Crippen molar-refractivity contribution in [1.82, 2.24) is 20.5 Å². The van der Waals surface area contributed by atoms with Crippen molar-refractivity contribution in [3.63, 3.8) is 0 Å². The summed E-state index contributed by atoms with van der Waals surface area (Å²) in [6.07, 6.45) is 1.31. The van der Waals surface area contributed by atoms with Gasteiger partial charge in [0, 0.05) is 49.9 Å². The number of nitrogens with one attached hydrogen (secondary N) is 3. The van der Waals surface area contributed by atoms with Gasteiger partial charge in [0.2, 0.25) is 11.8 Å². The van der Waals surface area contributed by atoms with Crippen LogP contribution >= 0.6 is 0 Å². The Balaban J connectivity index is 1.61. The van der Waals surface area contributed by atoms with Crippen molar-refractivity contribution in [2.75, 3.05) is 53.1 Å². The molecule has 1 aliphatic heterocycles. The maximum atomic E-state index is 13.6. The number of hydrogen-bond acceptors (Lipinski definition) is 7. The van der Waals surface area contributed by atoms with E-state index in [1.54, 1.807) is 32.2 Å². The Morgan fingerprint density at radius 2 is 1.89 bits per heavy atom. The van der Waals surface area contributed by atoms with Gasteiger partial charge >= 0.3 is 5.97 Å². The molecule has 44 heavy (non-hydrogen) atoms. The first-order chi connectivity index (χ1) is 21.2. The van der Waals surface area contributed by atoms with Gasteiger partial charge in [-0.15, -0.1) is 0 Å². The van der Waals surface area contributed by atoms with Crippen LogP contribution in [0.5, 0.6) is 5.75 Å². The Labute approximate surface area is 257 Å². The van der Waals surface area contributed by atoms with E-state index < -0.39 is 17.3 Å². The summed E-state index contributed by atoms with van der Waals surface area (Å²) >= 11 is 0. The van der Waals surface area contributed by atoms with E-state index in [9.17, 15) is 19.2 Å². The lowest BCUT2D eigenvalue weighted by Crippen LogP contribution is -2.50. The fourth-order valence-corrected chi connectivity index (χ4v) is 5.61. The average molecular weight is 607 g/mol. The van der Waals surface area contributed by atoms with Crippen molar-refractivity contribution < 1.29 is 33.4 Å². The van der Waals surface area contributed by atoms with Gasteiger partial charge in [-0.1, -0.05) is 30.3 Å². The summed E-state index contributed by atoms with van der Waals surface area (Å²) < 4.78 is 16.5. The minimum absolute atomic E-state index is 0.0137. The highest BCUT2D eigenvalue weighted by molar-refractivity contribution is 5.92. The van der Waals surface area contributed by atoms with Crippen molar-refractivity contribution in [1.29, 1.82) is 0 Å². The summed E-state index contributed by atoms with van der Waals surface area (Å²) in [7, 11) is 1.60. The number of aromatic nitrogens is 1. The molecule has 0 saturated heterocycles. The number of benzene rings is 2. The smallest absolute Gasteiger partial charge is 0.314 e. The highest BCUT2D eigenvalue weighted by Crippen LogP contribution is 2.32. The lowest BCUT2D eigenvalue weighted by atomic mass is 9.77. The zero-order valence-electron chi connectivity index (χ0n) is 25.7. The first-order valence-corrected chi connectivity index (χ1v) is 15.0. The Hall–Kier alpha value is -4.38. The number of nitrogens with zero attached hydrogens (tertiary/aromatic N) is 1. The first-order valence-electron chi connectivity index (χ1n) is 15.0. The van der Waals surface area contributed by atoms with Crippen molar-refractivity contribution in [2.24, 2.45) is 5.41 Å². The van der Waals surface area contributed by atoms with Gasteiger partial charge in [-0.3, -0.25) is 19.2 Å². The van der Waals surface area contributed by atoms with Crippen molar-refractivity contribution in [3.8, 4) is 5.75 Å². The molecule has 3 aromatic rings. The molecular formula is C33H42N4O7. The molecule has 3 N–H and O–H groups in total. The van der Waals surface area contributed by atoms with E-state index in [0.29, 0.717) is 25.2 Å². The molecule has 1 aliphatic rings. The van der Waals surface area contributed by atoms with Gasteiger partial charge in [-0.25, -0.2) is 0 Å². The number of rotatable bonds is 8. The Bertz CT molecular complexity index is 1470. The average Bonchev–Trinajstić information content (AvgIpc) is 3.32. The number of carbonyl (C=O) groups excluding carboxylic acids is 4. The summed E-state index contributed by atoms with van der Waals surface area (Å²) in [4.78, 5) is 57.9.